The zero-order valence-corrected chi connectivity index (χ0v) is 13.8. The zero-order valence-electron chi connectivity index (χ0n) is 12.9. The molecule has 0 aliphatic rings. The van der Waals surface area contributed by atoms with Gasteiger partial charge in [-0.15, -0.1) is 20.4 Å². The van der Waals surface area contributed by atoms with Crippen LogP contribution < -0.4 is 4.90 Å². The van der Waals surface area contributed by atoms with E-state index in [2.05, 4.69) is 32.2 Å². The molecule has 1 aromatic heterocycles. The van der Waals surface area contributed by atoms with Crippen molar-refractivity contribution >= 4 is 27.8 Å². The van der Waals surface area contributed by atoms with Gasteiger partial charge >= 0.3 is 0 Å². The maximum Gasteiger partial charge on any atom is 0.251 e. The highest BCUT2D eigenvalue weighted by atomic mass is 32.1. The maximum absolute atomic E-state index is 8.86. The van der Waals surface area contributed by atoms with Crippen LogP contribution in [0, 0.1) is 6.92 Å². The second-order valence-corrected chi connectivity index (χ2v) is 5.99. The van der Waals surface area contributed by atoms with Crippen LogP contribution >= 0.6 is 11.3 Å². The van der Waals surface area contributed by atoms with Crippen LogP contribution in [0.15, 0.2) is 34.5 Å². The van der Waals surface area contributed by atoms with Crippen molar-refractivity contribution < 1.29 is 5.11 Å². The minimum absolute atomic E-state index is 0.252. The Morgan fingerprint density at radius 2 is 1.91 bits per heavy atom. The minimum atomic E-state index is 0.252. The summed E-state index contributed by atoms with van der Waals surface area (Å²) in [5, 5.41) is 26.4. The molecule has 1 aromatic carbocycles. The predicted octanol–water partition coefficient (Wildman–Crippen LogP) is 3.86. The van der Waals surface area contributed by atoms with E-state index in [1.54, 1.807) is 0 Å². The molecule has 0 radical (unpaired) electrons. The average molecular weight is 319 g/mol. The molecule has 2 aromatic rings. The number of aliphatic hydroxyl groups excluding tert-OH is 1. The summed E-state index contributed by atoms with van der Waals surface area (Å²) in [7, 11) is 0. The van der Waals surface area contributed by atoms with E-state index in [0.717, 1.165) is 42.3 Å². The van der Waals surface area contributed by atoms with Crippen molar-refractivity contribution in [2.45, 2.75) is 26.7 Å². The Hall–Kier alpha value is -1.86. The first kappa shape index (κ1) is 16.5. The molecule has 1 N–H and O–H groups in total. The topological polar surface area (TPSA) is 74.0 Å². The van der Waals surface area contributed by atoms with E-state index < -0.39 is 0 Å². The normalized spacial score (nSPS) is 11.2. The molecule has 1 heterocycles. The lowest BCUT2D eigenvalue weighted by molar-refractivity contribution is 0.285. The molecule has 0 fully saturated rings. The third-order valence-electron chi connectivity index (χ3n) is 3.20. The lowest BCUT2D eigenvalue weighted by Crippen LogP contribution is -2.23. The molecule has 6 nitrogen and oxygen atoms in total. The minimum Gasteiger partial charge on any atom is -0.396 e. The van der Waals surface area contributed by atoms with Gasteiger partial charge in [-0.3, -0.25) is 0 Å². The smallest absolute Gasteiger partial charge is 0.251 e. The highest BCUT2D eigenvalue weighted by Crippen LogP contribution is 2.24. The Morgan fingerprint density at radius 1 is 1.14 bits per heavy atom. The number of unbranched alkanes of at least 4 members (excludes halogenated alkanes) is 1. The second kappa shape index (κ2) is 8.55. The van der Waals surface area contributed by atoms with E-state index in [4.69, 9.17) is 5.11 Å². The summed E-state index contributed by atoms with van der Waals surface area (Å²) in [6, 6.07) is 7.98. The molecule has 2 rings (SSSR count). The molecule has 0 aliphatic carbocycles. The Kier molecular flexibility index (Phi) is 6.42. The number of benzene rings is 1. The Morgan fingerprint density at radius 3 is 2.50 bits per heavy atom. The Bertz CT molecular complexity index is 596. The SMILES string of the molecule is CCN(CCCCO)c1ccc(N=Nc2nnc(C)s2)cc1. The third kappa shape index (κ3) is 4.85. The standard InChI is InChI=1S/C15H21N5OS/c1-3-20(10-4-5-11-21)14-8-6-13(7-9-14)17-19-15-18-16-12(2)22-15/h6-9,21H,3-5,10-11H2,1-2H3. The molecule has 0 unspecified atom stereocenters. The van der Waals surface area contributed by atoms with Gasteiger partial charge in [0.2, 0.25) is 0 Å². The summed E-state index contributed by atoms with van der Waals surface area (Å²) in [4.78, 5) is 2.28. The predicted molar refractivity (Wildman–Crippen MR) is 89.5 cm³/mol. The Balaban J connectivity index is 1.98. The van der Waals surface area contributed by atoms with Crippen molar-refractivity contribution in [2.24, 2.45) is 10.2 Å². The van der Waals surface area contributed by atoms with Crippen LogP contribution in [0.2, 0.25) is 0 Å². The molecule has 0 amide bonds. The number of rotatable bonds is 8. The average Bonchev–Trinajstić information content (AvgIpc) is 2.96. The molecule has 0 saturated heterocycles. The maximum atomic E-state index is 8.86. The van der Waals surface area contributed by atoms with E-state index in [0.29, 0.717) is 5.13 Å². The molecule has 118 valence electrons. The number of aryl methyl sites for hydroxylation is 1. The van der Waals surface area contributed by atoms with Crippen molar-refractivity contribution in [1.29, 1.82) is 0 Å². The second-order valence-electron chi connectivity index (χ2n) is 4.83. The Labute approximate surface area is 134 Å². The van der Waals surface area contributed by atoms with Gasteiger partial charge in [0.15, 0.2) is 0 Å². The number of hydrogen-bond donors (Lipinski definition) is 1. The first-order valence-corrected chi connectivity index (χ1v) is 8.22. The molecule has 0 saturated carbocycles. The van der Waals surface area contributed by atoms with Gasteiger partial charge in [0.05, 0.1) is 5.69 Å². The zero-order chi connectivity index (χ0) is 15.8. The number of hydrogen-bond acceptors (Lipinski definition) is 7. The number of aromatic nitrogens is 2. The lowest BCUT2D eigenvalue weighted by Gasteiger charge is -2.22. The van der Waals surface area contributed by atoms with Crippen molar-refractivity contribution in [3.63, 3.8) is 0 Å². The van der Waals surface area contributed by atoms with Crippen LogP contribution in [-0.2, 0) is 0 Å². The molecule has 22 heavy (non-hydrogen) atoms. The van der Waals surface area contributed by atoms with Crippen LogP contribution in [0.5, 0.6) is 0 Å². The van der Waals surface area contributed by atoms with Crippen molar-refractivity contribution in [3.8, 4) is 0 Å². The first-order chi connectivity index (χ1) is 10.7. The van der Waals surface area contributed by atoms with Gasteiger partial charge in [-0.25, -0.2) is 0 Å². The fourth-order valence-electron chi connectivity index (χ4n) is 2.04. The molecule has 0 spiro atoms. The molecule has 0 atom stereocenters. The van der Waals surface area contributed by atoms with Crippen LogP contribution in [0.4, 0.5) is 16.5 Å². The van der Waals surface area contributed by atoms with Gasteiger partial charge in [0.25, 0.3) is 5.13 Å². The van der Waals surface area contributed by atoms with Crippen molar-refractivity contribution in [1.82, 2.24) is 10.2 Å². The quantitative estimate of drug-likeness (QED) is 0.592. The number of nitrogens with zero attached hydrogens (tertiary/aromatic N) is 5. The first-order valence-electron chi connectivity index (χ1n) is 7.40. The highest BCUT2D eigenvalue weighted by molar-refractivity contribution is 7.14. The number of anilines is 1. The summed E-state index contributed by atoms with van der Waals surface area (Å²) in [6.07, 6.45) is 1.83. The summed E-state index contributed by atoms with van der Waals surface area (Å²) in [6.45, 7) is 6.16. The van der Waals surface area contributed by atoms with E-state index >= 15 is 0 Å². The molecule has 0 bridgehead atoms. The summed E-state index contributed by atoms with van der Waals surface area (Å²) < 4.78 is 0. The van der Waals surface area contributed by atoms with Crippen LogP contribution in [0.25, 0.3) is 0 Å². The molecular weight excluding hydrogens is 298 g/mol. The summed E-state index contributed by atoms with van der Waals surface area (Å²) >= 11 is 1.42. The summed E-state index contributed by atoms with van der Waals surface area (Å²) in [5.74, 6) is 0. The van der Waals surface area contributed by atoms with Gasteiger partial charge in [0.1, 0.15) is 5.01 Å². The van der Waals surface area contributed by atoms with Gasteiger partial charge < -0.3 is 10.0 Å². The summed E-state index contributed by atoms with van der Waals surface area (Å²) in [5.41, 5.74) is 1.95. The van der Waals surface area contributed by atoms with Gasteiger partial charge in [-0.05, 0) is 51.0 Å². The van der Waals surface area contributed by atoms with Crippen molar-refractivity contribution in [2.75, 3.05) is 24.6 Å². The number of azo groups is 1. The van der Waals surface area contributed by atoms with E-state index in [-0.39, 0.29) is 6.61 Å². The number of aliphatic hydroxyl groups is 1. The lowest BCUT2D eigenvalue weighted by atomic mass is 10.2. The molecule has 7 heteroatoms. The van der Waals surface area contributed by atoms with Crippen molar-refractivity contribution in [3.05, 3.63) is 29.3 Å². The fraction of sp³-hybridized carbons (Fsp3) is 0.467. The van der Waals surface area contributed by atoms with Gasteiger partial charge in [-0.1, -0.05) is 11.3 Å². The van der Waals surface area contributed by atoms with E-state index in [1.807, 2.05) is 31.2 Å². The largest absolute Gasteiger partial charge is 0.396 e. The molecule has 0 aliphatic heterocycles. The van der Waals surface area contributed by atoms with E-state index in [1.165, 1.54) is 11.3 Å². The van der Waals surface area contributed by atoms with Gasteiger partial charge in [0, 0.05) is 25.4 Å². The van der Waals surface area contributed by atoms with Crippen LogP contribution in [-0.4, -0.2) is 35.0 Å². The van der Waals surface area contributed by atoms with E-state index in [9.17, 15) is 0 Å². The van der Waals surface area contributed by atoms with Crippen LogP contribution in [0.3, 0.4) is 0 Å². The van der Waals surface area contributed by atoms with Gasteiger partial charge in [-0.2, -0.15) is 0 Å². The fourth-order valence-corrected chi connectivity index (χ4v) is 2.55. The molecular formula is C15H21N5OS. The third-order valence-corrected chi connectivity index (χ3v) is 3.92. The monoisotopic (exact) mass is 319 g/mol. The van der Waals surface area contributed by atoms with Crippen LogP contribution in [0.1, 0.15) is 24.8 Å². The highest BCUT2D eigenvalue weighted by Gasteiger charge is 2.04.